The number of carboxylic acid groups (broad SMARTS) is 1. The van der Waals surface area contributed by atoms with Gasteiger partial charge in [0.25, 0.3) is 0 Å². The lowest BCUT2D eigenvalue weighted by molar-refractivity contribution is 0.193. The normalized spacial score (nSPS) is 16.6. The van der Waals surface area contributed by atoms with Crippen molar-refractivity contribution in [1.29, 1.82) is 0 Å². The molecule has 0 atom stereocenters. The first-order valence-corrected chi connectivity index (χ1v) is 6.37. The number of nitrogens with one attached hydrogen (secondary N) is 1. The lowest BCUT2D eigenvalue weighted by atomic mass is 9.93. The van der Waals surface area contributed by atoms with E-state index in [0.717, 1.165) is 32.4 Å². The van der Waals surface area contributed by atoms with Crippen LogP contribution < -0.4 is 10.2 Å². The molecule has 0 radical (unpaired) electrons. The van der Waals surface area contributed by atoms with E-state index in [-0.39, 0.29) is 0 Å². The molecule has 0 aliphatic carbocycles. The second-order valence-corrected chi connectivity index (χ2v) is 4.66. The summed E-state index contributed by atoms with van der Waals surface area (Å²) in [6, 6.07) is 4.07. The maximum atomic E-state index is 10.4. The average molecular weight is 249 g/mol. The smallest absolute Gasteiger partial charge is 0.404 e. The van der Waals surface area contributed by atoms with Crippen molar-refractivity contribution in [3.63, 3.8) is 0 Å². The molecule has 0 saturated carbocycles. The maximum Gasteiger partial charge on any atom is 0.404 e. The van der Waals surface area contributed by atoms with Crippen molar-refractivity contribution in [2.75, 3.05) is 24.5 Å². The Morgan fingerprint density at radius 3 is 2.67 bits per heavy atom. The molecule has 1 aliphatic rings. The molecule has 2 N–H and O–H groups in total. The van der Waals surface area contributed by atoms with Gasteiger partial charge in [0, 0.05) is 37.7 Å². The summed E-state index contributed by atoms with van der Waals surface area (Å²) in [5.74, 6) is 0.634. The van der Waals surface area contributed by atoms with Gasteiger partial charge in [0.2, 0.25) is 0 Å². The molecule has 1 saturated heterocycles. The quantitative estimate of drug-likeness (QED) is 0.856. The van der Waals surface area contributed by atoms with E-state index in [0.29, 0.717) is 12.5 Å². The Morgan fingerprint density at radius 2 is 2.06 bits per heavy atom. The Morgan fingerprint density at radius 1 is 1.39 bits per heavy atom. The highest BCUT2D eigenvalue weighted by Crippen LogP contribution is 2.24. The number of rotatable bonds is 4. The number of nitrogens with zero attached hydrogens (tertiary/aromatic N) is 2. The third-order valence-electron chi connectivity index (χ3n) is 3.47. The van der Waals surface area contributed by atoms with E-state index in [9.17, 15) is 4.79 Å². The van der Waals surface area contributed by atoms with Crippen LogP contribution in [-0.4, -0.2) is 35.8 Å². The number of hydrogen-bond acceptors (Lipinski definition) is 3. The highest BCUT2D eigenvalue weighted by molar-refractivity contribution is 5.64. The Bertz CT molecular complexity index is 375. The van der Waals surface area contributed by atoms with Gasteiger partial charge >= 0.3 is 6.09 Å². The number of aromatic nitrogens is 1. The lowest BCUT2D eigenvalue weighted by Crippen LogP contribution is -2.35. The second-order valence-electron chi connectivity index (χ2n) is 4.66. The molecule has 2 heterocycles. The Hall–Kier alpha value is -1.78. The minimum atomic E-state index is -0.927. The summed E-state index contributed by atoms with van der Waals surface area (Å²) in [6.45, 7) is 2.65. The van der Waals surface area contributed by atoms with Crippen LogP contribution in [0.4, 0.5) is 10.5 Å². The van der Waals surface area contributed by atoms with Crippen LogP contribution in [0, 0.1) is 5.92 Å². The average Bonchev–Trinajstić information content (AvgIpc) is 2.40. The minimum absolute atomic E-state index is 0.565. The lowest BCUT2D eigenvalue weighted by Gasteiger charge is -2.33. The number of carbonyl (C=O) groups is 1. The molecule has 1 fully saturated rings. The van der Waals surface area contributed by atoms with Crippen LogP contribution in [0.1, 0.15) is 19.3 Å². The molecule has 5 heteroatoms. The van der Waals surface area contributed by atoms with Gasteiger partial charge in [-0.1, -0.05) is 0 Å². The molecule has 0 unspecified atom stereocenters. The van der Waals surface area contributed by atoms with Crippen molar-refractivity contribution >= 4 is 11.8 Å². The largest absolute Gasteiger partial charge is 0.465 e. The van der Waals surface area contributed by atoms with Crippen LogP contribution in [0.15, 0.2) is 24.5 Å². The molecule has 18 heavy (non-hydrogen) atoms. The van der Waals surface area contributed by atoms with E-state index in [1.54, 1.807) is 0 Å². The molecule has 1 aromatic heterocycles. The topological polar surface area (TPSA) is 65.5 Å². The Balaban J connectivity index is 1.73. The van der Waals surface area contributed by atoms with E-state index in [1.807, 2.05) is 24.5 Å². The Labute approximate surface area is 107 Å². The van der Waals surface area contributed by atoms with Gasteiger partial charge in [-0.2, -0.15) is 0 Å². The third kappa shape index (κ3) is 3.61. The van der Waals surface area contributed by atoms with Gasteiger partial charge in [-0.3, -0.25) is 4.98 Å². The minimum Gasteiger partial charge on any atom is -0.465 e. The molecular formula is C13H19N3O2. The van der Waals surface area contributed by atoms with Gasteiger partial charge in [-0.15, -0.1) is 0 Å². The summed E-state index contributed by atoms with van der Waals surface area (Å²) in [5.41, 5.74) is 1.23. The highest BCUT2D eigenvalue weighted by Gasteiger charge is 2.19. The molecule has 1 aliphatic heterocycles. The van der Waals surface area contributed by atoms with Gasteiger partial charge in [0.15, 0.2) is 0 Å². The molecule has 1 amide bonds. The van der Waals surface area contributed by atoms with Crippen molar-refractivity contribution in [2.45, 2.75) is 19.3 Å². The van der Waals surface area contributed by atoms with Crippen molar-refractivity contribution < 1.29 is 9.90 Å². The monoisotopic (exact) mass is 249 g/mol. The van der Waals surface area contributed by atoms with Crippen LogP contribution in [-0.2, 0) is 0 Å². The zero-order valence-corrected chi connectivity index (χ0v) is 10.4. The standard InChI is InChI=1S/C13H19N3O2/c17-13(18)15-8-1-11-4-9-16(10-5-11)12-2-6-14-7-3-12/h2-3,6-7,11,15H,1,4-5,8-10H2,(H,17,18). The predicted molar refractivity (Wildman–Crippen MR) is 69.8 cm³/mol. The molecule has 5 nitrogen and oxygen atoms in total. The maximum absolute atomic E-state index is 10.4. The van der Waals surface area contributed by atoms with Gasteiger partial charge in [0.1, 0.15) is 0 Å². The molecule has 98 valence electrons. The van der Waals surface area contributed by atoms with E-state index in [1.165, 1.54) is 5.69 Å². The van der Waals surface area contributed by atoms with Crippen LogP contribution in [0.3, 0.4) is 0 Å². The SMILES string of the molecule is O=C(O)NCCC1CCN(c2ccncc2)CC1. The van der Waals surface area contributed by atoms with E-state index in [4.69, 9.17) is 5.11 Å². The number of anilines is 1. The molecule has 0 bridgehead atoms. The Kier molecular flexibility index (Phi) is 4.39. The number of amides is 1. The van der Waals surface area contributed by atoms with Crippen molar-refractivity contribution in [2.24, 2.45) is 5.92 Å². The first-order chi connectivity index (χ1) is 8.75. The highest BCUT2D eigenvalue weighted by atomic mass is 16.4. The molecule has 2 rings (SSSR count). The van der Waals surface area contributed by atoms with E-state index >= 15 is 0 Å². The third-order valence-corrected chi connectivity index (χ3v) is 3.47. The fourth-order valence-corrected chi connectivity index (χ4v) is 2.42. The van der Waals surface area contributed by atoms with Crippen LogP contribution >= 0.6 is 0 Å². The first kappa shape index (κ1) is 12.7. The number of piperidine rings is 1. The van der Waals surface area contributed by atoms with Gasteiger partial charge in [-0.25, -0.2) is 4.79 Å². The van der Waals surface area contributed by atoms with E-state index in [2.05, 4.69) is 15.2 Å². The number of pyridine rings is 1. The van der Waals surface area contributed by atoms with Crippen molar-refractivity contribution in [3.05, 3.63) is 24.5 Å². The summed E-state index contributed by atoms with van der Waals surface area (Å²) in [6.07, 6.45) is 5.91. The van der Waals surface area contributed by atoms with Crippen molar-refractivity contribution in [1.82, 2.24) is 10.3 Å². The number of hydrogen-bond donors (Lipinski definition) is 2. The fraction of sp³-hybridized carbons (Fsp3) is 0.538. The van der Waals surface area contributed by atoms with Crippen LogP contribution in [0.5, 0.6) is 0 Å². The predicted octanol–water partition coefficient (Wildman–Crippen LogP) is 1.96. The van der Waals surface area contributed by atoms with Gasteiger partial charge in [-0.05, 0) is 37.3 Å². The molecule has 0 spiro atoms. The molecule has 0 aromatic carbocycles. The van der Waals surface area contributed by atoms with E-state index < -0.39 is 6.09 Å². The summed E-state index contributed by atoms with van der Waals surface area (Å²) in [7, 11) is 0. The van der Waals surface area contributed by atoms with Crippen LogP contribution in [0.2, 0.25) is 0 Å². The summed E-state index contributed by atoms with van der Waals surface area (Å²) >= 11 is 0. The summed E-state index contributed by atoms with van der Waals surface area (Å²) in [5, 5.41) is 10.9. The van der Waals surface area contributed by atoms with Gasteiger partial charge < -0.3 is 15.3 Å². The molecular weight excluding hydrogens is 230 g/mol. The molecule has 1 aromatic rings. The zero-order valence-electron chi connectivity index (χ0n) is 10.4. The first-order valence-electron chi connectivity index (χ1n) is 6.37. The van der Waals surface area contributed by atoms with Crippen LogP contribution in [0.25, 0.3) is 0 Å². The fourth-order valence-electron chi connectivity index (χ4n) is 2.42. The summed E-state index contributed by atoms with van der Waals surface area (Å²) < 4.78 is 0. The van der Waals surface area contributed by atoms with Crippen molar-refractivity contribution in [3.8, 4) is 0 Å². The van der Waals surface area contributed by atoms with Gasteiger partial charge in [0.05, 0.1) is 0 Å². The second kappa shape index (κ2) is 6.23. The summed E-state index contributed by atoms with van der Waals surface area (Å²) in [4.78, 5) is 16.7. The zero-order chi connectivity index (χ0) is 12.8.